The van der Waals surface area contributed by atoms with Gasteiger partial charge in [-0.3, -0.25) is 4.79 Å². The number of hydrogen-bond acceptors (Lipinski definition) is 3. The van der Waals surface area contributed by atoms with Gasteiger partial charge in [0.05, 0.1) is 13.0 Å². The summed E-state index contributed by atoms with van der Waals surface area (Å²) in [5.74, 6) is 0.174. The summed E-state index contributed by atoms with van der Waals surface area (Å²) < 4.78 is 18.6. The average molecular weight is 254 g/mol. The van der Waals surface area contributed by atoms with Crippen molar-refractivity contribution in [1.29, 1.82) is 0 Å². The van der Waals surface area contributed by atoms with E-state index in [1.807, 2.05) is 6.92 Å². The molecule has 1 rings (SSSR count). The van der Waals surface area contributed by atoms with Crippen molar-refractivity contribution in [1.82, 2.24) is 5.32 Å². The minimum atomic E-state index is -0.315. The van der Waals surface area contributed by atoms with Gasteiger partial charge in [0.15, 0.2) is 0 Å². The lowest BCUT2D eigenvalue weighted by Gasteiger charge is -2.13. The maximum absolute atomic E-state index is 13.1. The van der Waals surface area contributed by atoms with Crippen LogP contribution >= 0.6 is 0 Å². The van der Waals surface area contributed by atoms with Crippen molar-refractivity contribution < 1.29 is 13.9 Å². The first kappa shape index (κ1) is 14.4. The highest BCUT2D eigenvalue weighted by molar-refractivity contribution is 5.75. The van der Waals surface area contributed by atoms with Crippen LogP contribution in [0.25, 0.3) is 0 Å². The minimum absolute atomic E-state index is 0.0758. The third-order valence-corrected chi connectivity index (χ3v) is 2.43. The zero-order valence-corrected chi connectivity index (χ0v) is 10.7. The van der Waals surface area contributed by atoms with Gasteiger partial charge in [-0.05, 0) is 37.1 Å². The standard InChI is InChI=1S/C13H19FN2O2/c1-9(15)7-10-8-11(14)3-4-12(10)18-6-5-13(17)16-2/h3-4,8-9H,5-7,15H2,1-2H3,(H,16,17). The SMILES string of the molecule is CNC(=O)CCOc1ccc(F)cc1CC(C)N. The molecule has 1 amide bonds. The van der Waals surface area contributed by atoms with Gasteiger partial charge in [-0.15, -0.1) is 0 Å². The van der Waals surface area contributed by atoms with E-state index in [0.29, 0.717) is 12.2 Å². The van der Waals surface area contributed by atoms with Gasteiger partial charge < -0.3 is 15.8 Å². The van der Waals surface area contributed by atoms with E-state index in [0.717, 1.165) is 5.56 Å². The Balaban J connectivity index is 2.66. The molecule has 1 atom stereocenters. The molecule has 100 valence electrons. The Hall–Kier alpha value is -1.62. The molecule has 1 aromatic carbocycles. The number of hydrogen-bond donors (Lipinski definition) is 2. The van der Waals surface area contributed by atoms with Crippen molar-refractivity contribution in [2.75, 3.05) is 13.7 Å². The van der Waals surface area contributed by atoms with Crippen LogP contribution in [0.5, 0.6) is 5.75 Å². The fraction of sp³-hybridized carbons (Fsp3) is 0.462. The van der Waals surface area contributed by atoms with Crippen LogP contribution in [0.4, 0.5) is 4.39 Å². The van der Waals surface area contributed by atoms with Gasteiger partial charge in [-0.25, -0.2) is 4.39 Å². The van der Waals surface area contributed by atoms with E-state index in [4.69, 9.17) is 10.5 Å². The van der Waals surface area contributed by atoms with E-state index in [1.54, 1.807) is 13.1 Å². The zero-order chi connectivity index (χ0) is 13.5. The lowest BCUT2D eigenvalue weighted by atomic mass is 10.1. The fourth-order valence-corrected chi connectivity index (χ4v) is 1.57. The van der Waals surface area contributed by atoms with E-state index in [2.05, 4.69) is 5.32 Å². The van der Waals surface area contributed by atoms with Gasteiger partial charge in [0.2, 0.25) is 5.91 Å². The molecular formula is C13H19FN2O2. The molecule has 0 saturated heterocycles. The van der Waals surface area contributed by atoms with Crippen molar-refractivity contribution in [3.05, 3.63) is 29.6 Å². The molecule has 0 aliphatic heterocycles. The van der Waals surface area contributed by atoms with Crippen LogP contribution < -0.4 is 15.8 Å². The molecule has 0 radical (unpaired) electrons. The van der Waals surface area contributed by atoms with Crippen molar-refractivity contribution >= 4 is 5.91 Å². The summed E-state index contributed by atoms with van der Waals surface area (Å²) in [7, 11) is 1.57. The van der Waals surface area contributed by atoms with Crippen molar-refractivity contribution in [3.8, 4) is 5.75 Å². The molecule has 1 unspecified atom stereocenters. The normalized spacial score (nSPS) is 12.0. The number of amides is 1. The maximum atomic E-state index is 13.1. The highest BCUT2D eigenvalue weighted by atomic mass is 19.1. The summed E-state index contributed by atoms with van der Waals surface area (Å²) >= 11 is 0. The molecule has 1 aromatic rings. The van der Waals surface area contributed by atoms with E-state index >= 15 is 0 Å². The first-order chi connectivity index (χ1) is 8.52. The number of halogens is 1. The van der Waals surface area contributed by atoms with Gasteiger partial charge in [0.25, 0.3) is 0 Å². The molecular weight excluding hydrogens is 235 g/mol. The van der Waals surface area contributed by atoms with Crippen LogP contribution in [0.1, 0.15) is 18.9 Å². The number of benzene rings is 1. The summed E-state index contributed by atoms with van der Waals surface area (Å²) in [6, 6.07) is 4.24. The molecule has 18 heavy (non-hydrogen) atoms. The predicted molar refractivity (Wildman–Crippen MR) is 67.9 cm³/mol. The molecule has 0 aliphatic rings. The zero-order valence-electron chi connectivity index (χ0n) is 10.7. The molecule has 0 aliphatic carbocycles. The Morgan fingerprint density at radius 2 is 2.28 bits per heavy atom. The topological polar surface area (TPSA) is 64.3 Å². The first-order valence-corrected chi connectivity index (χ1v) is 5.90. The second-order valence-electron chi connectivity index (χ2n) is 4.21. The Labute approximate surface area is 106 Å². The second-order valence-corrected chi connectivity index (χ2v) is 4.21. The number of ether oxygens (including phenoxy) is 1. The summed E-state index contributed by atoms with van der Waals surface area (Å²) in [6.07, 6.45) is 0.804. The van der Waals surface area contributed by atoms with Crippen molar-refractivity contribution in [3.63, 3.8) is 0 Å². The molecule has 0 heterocycles. The Kier molecular flexibility index (Phi) is 5.58. The van der Waals surface area contributed by atoms with E-state index in [9.17, 15) is 9.18 Å². The van der Waals surface area contributed by atoms with Crippen LogP contribution in [0.2, 0.25) is 0 Å². The number of nitrogens with two attached hydrogens (primary N) is 1. The quantitative estimate of drug-likeness (QED) is 0.802. The van der Waals surface area contributed by atoms with Crippen molar-refractivity contribution in [2.45, 2.75) is 25.8 Å². The molecule has 0 saturated carbocycles. The molecule has 0 bridgehead atoms. The van der Waals surface area contributed by atoms with E-state index < -0.39 is 0 Å². The third-order valence-electron chi connectivity index (χ3n) is 2.43. The highest BCUT2D eigenvalue weighted by Crippen LogP contribution is 2.21. The third kappa shape index (κ3) is 4.71. The largest absolute Gasteiger partial charge is 0.493 e. The summed E-state index contributed by atoms with van der Waals surface area (Å²) in [5, 5.41) is 2.51. The summed E-state index contributed by atoms with van der Waals surface area (Å²) in [5.41, 5.74) is 6.42. The highest BCUT2D eigenvalue weighted by Gasteiger charge is 2.08. The van der Waals surface area contributed by atoms with Gasteiger partial charge in [0, 0.05) is 13.1 Å². The minimum Gasteiger partial charge on any atom is -0.493 e. The van der Waals surface area contributed by atoms with E-state index in [1.165, 1.54) is 12.1 Å². The lowest BCUT2D eigenvalue weighted by molar-refractivity contribution is -0.121. The summed E-state index contributed by atoms with van der Waals surface area (Å²) in [6.45, 7) is 2.11. The number of rotatable bonds is 6. The Bertz CT molecular complexity index is 408. The van der Waals surface area contributed by atoms with Crippen molar-refractivity contribution in [2.24, 2.45) is 5.73 Å². The van der Waals surface area contributed by atoms with Gasteiger partial charge in [0.1, 0.15) is 11.6 Å². The predicted octanol–water partition coefficient (Wildman–Crippen LogP) is 1.23. The van der Waals surface area contributed by atoms with Gasteiger partial charge in [-0.1, -0.05) is 0 Å². The second kappa shape index (κ2) is 6.96. The number of carbonyl (C=O) groups excluding carboxylic acids is 1. The lowest BCUT2D eigenvalue weighted by Crippen LogP contribution is -2.21. The smallest absolute Gasteiger partial charge is 0.223 e. The maximum Gasteiger partial charge on any atom is 0.223 e. The van der Waals surface area contributed by atoms with E-state index in [-0.39, 0.29) is 30.8 Å². The van der Waals surface area contributed by atoms with Crippen LogP contribution in [0.3, 0.4) is 0 Å². The van der Waals surface area contributed by atoms with Crippen LogP contribution in [-0.4, -0.2) is 25.6 Å². The first-order valence-electron chi connectivity index (χ1n) is 5.90. The van der Waals surface area contributed by atoms with Crippen LogP contribution in [0.15, 0.2) is 18.2 Å². The Morgan fingerprint density at radius 3 is 2.89 bits per heavy atom. The number of nitrogens with one attached hydrogen (secondary N) is 1. The number of carbonyl (C=O) groups is 1. The summed E-state index contributed by atoms with van der Waals surface area (Å²) in [4.78, 5) is 11.0. The van der Waals surface area contributed by atoms with Crippen LogP contribution in [-0.2, 0) is 11.2 Å². The molecule has 0 spiro atoms. The monoisotopic (exact) mass is 254 g/mol. The van der Waals surface area contributed by atoms with Gasteiger partial charge in [-0.2, -0.15) is 0 Å². The molecule has 4 nitrogen and oxygen atoms in total. The Morgan fingerprint density at radius 1 is 1.56 bits per heavy atom. The van der Waals surface area contributed by atoms with Gasteiger partial charge >= 0.3 is 0 Å². The molecule has 5 heteroatoms. The average Bonchev–Trinajstić information content (AvgIpc) is 2.31. The molecule has 0 aromatic heterocycles. The molecule has 3 N–H and O–H groups in total. The fourth-order valence-electron chi connectivity index (χ4n) is 1.57. The van der Waals surface area contributed by atoms with Crippen LogP contribution in [0, 0.1) is 5.82 Å². The molecule has 0 fully saturated rings.